The lowest BCUT2D eigenvalue weighted by atomic mass is 9.94. The highest BCUT2D eigenvalue weighted by Gasteiger charge is 2.37. The second-order valence-electron chi connectivity index (χ2n) is 11.3. The van der Waals surface area contributed by atoms with E-state index in [-0.39, 0.29) is 0 Å². The van der Waals surface area contributed by atoms with E-state index in [2.05, 4.69) is 100 Å². The van der Waals surface area contributed by atoms with Gasteiger partial charge in [0.15, 0.2) is 0 Å². The number of nitrogens with zero attached hydrogens (tertiary/aromatic N) is 2. The Balaban J connectivity index is 1.58. The molecule has 1 saturated heterocycles. The van der Waals surface area contributed by atoms with E-state index in [1.165, 1.54) is 44.8 Å². The molecule has 3 aromatic carbocycles. The summed E-state index contributed by atoms with van der Waals surface area (Å²) in [5.74, 6) is 1.15. The summed E-state index contributed by atoms with van der Waals surface area (Å²) < 4.78 is 0. The van der Waals surface area contributed by atoms with Crippen LogP contribution in [0.15, 0.2) is 93.3 Å². The monoisotopic (exact) mass is 564 g/mol. The highest BCUT2D eigenvalue weighted by atomic mass is 35.5. The van der Waals surface area contributed by atoms with Crippen molar-refractivity contribution in [3.8, 4) is 0 Å². The van der Waals surface area contributed by atoms with Crippen molar-refractivity contribution in [3.05, 3.63) is 139 Å². The molecule has 2 aliphatic carbocycles. The van der Waals surface area contributed by atoms with E-state index >= 15 is 0 Å². The SMILES string of the molecule is Cc1cc(C)c(N2CCN(c3c(C)cc(C)cc3C)C2=C2CC=C3[C]C(c4ccccc4)=C(Cl)C3=C2Cl)c(C)c1. The van der Waals surface area contributed by atoms with Gasteiger partial charge in [0.25, 0.3) is 0 Å². The van der Waals surface area contributed by atoms with Crippen LogP contribution in [0.5, 0.6) is 0 Å². The van der Waals surface area contributed by atoms with Crippen LogP contribution in [0.1, 0.15) is 45.4 Å². The lowest BCUT2D eigenvalue weighted by molar-refractivity contribution is 0.997. The van der Waals surface area contributed by atoms with Crippen molar-refractivity contribution in [2.75, 3.05) is 22.9 Å². The van der Waals surface area contributed by atoms with Crippen LogP contribution in [0.4, 0.5) is 11.4 Å². The molecule has 1 heterocycles. The molecule has 0 unspecified atom stereocenters. The summed E-state index contributed by atoms with van der Waals surface area (Å²) in [6.07, 6.45) is 6.50. The van der Waals surface area contributed by atoms with Crippen LogP contribution in [0.2, 0.25) is 0 Å². The fourth-order valence-electron chi connectivity index (χ4n) is 6.82. The summed E-state index contributed by atoms with van der Waals surface area (Å²) in [5.41, 5.74) is 15.1. The minimum atomic E-state index is 0.668. The van der Waals surface area contributed by atoms with E-state index in [9.17, 15) is 0 Å². The highest BCUT2D eigenvalue weighted by molar-refractivity contribution is 6.41. The van der Waals surface area contributed by atoms with E-state index in [1.54, 1.807) is 0 Å². The molecule has 6 rings (SSSR count). The molecule has 2 radical (unpaired) electrons. The standard InChI is InChI=1S/C36H34Cl2N2/c1-21-16-23(3)34(24(4)17-21)39-14-15-40(35-25(5)18-22(2)19-26(35)6)36(39)29-13-12-28-20-30(27-10-8-7-9-11-27)33(38)31(28)32(29)37/h7-12,16-19H,13-15H2,1-6H3. The Bertz CT molecular complexity index is 1560. The summed E-state index contributed by atoms with van der Waals surface area (Å²) in [6.45, 7) is 15.0. The number of hydrogen-bond donors (Lipinski definition) is 0. The Morgan fingerprint density at radius 3 is 1.68 bits per heavy atom. The van der Waals surface area contributed by atoms with Crippen molar-refractivity contribution in [2.45, 2.75) is 48.0 Å². The smallest absolute Gasteiger partial charge is 0.118 e. The second kappa shape index (κ2) is 10.3. The molecule has 4 heteroatoms. The number of anilines is 2. The molecule has 0 N–H and O–H groups in total. The van der Waals surface area contributed by atoms with Crippen molar-refractivity contribution >= 4 is 40.1 Å². The van der Waals surface area contributed by atoms with E-state index in [0.29, 0.717) is 11.5 Å². The van der Waals surface area contributed by atoms with E-state index in [0.717, 1.165) is 51.8 Å². The second-order valence-corrected chi connectivity index (χ2v) is 12.0. The Morgan fingerprint density at radius 1 is 0.675 bits per heavy atom. The van der Waals surface area contributed by atoms with Crippen molar-refractivity contribution in [3.63, 3.8) is 0 Å². The molecule has 0 atom stereocenters. The quantitative estimate of drug-likeness (QED) is 0.312. The van der Waals surface area contributed by atoms with Gasteiger partial charge in [-0.25, -0.2) is 0 Å². The molecule has 0 amide bonds. The Labute approximate surface area is 248 Å². The number of hydrogen-bond acceptors (Lipinski definition) is 2. The molecule has 0 aromatic heterocycles. The first kappa shape index (κ1) is 27.0. The van der Waals surface area contributed by atoms with Gasteiger partial charge in [-0.05, 0) is 86.9 Å². The Hall–Kier alpha value is -3.20. The van der Waals surface area contributed by atoms with E-state index in [4.69, 9.17) is 23.2 Å². The van der Waals surface area contributed by atoms with E-state index < -0.39 is 0 Å². The third-order valence-electron chi connectivity index (χ3n) is 8.16. The van der Waals surface area contributed by atoms with Crippen LogP contribution < -0.4 is 9.80 Å². The van der Waals surface area contributed by atoms with Gasteiger partial charge in [-0.1, -0.05) is 95.0 Å². The number of aryl methyl sites for hydroxylation is 6. The first-order valence-corrected chi connectivity index (χ1v) is 14.7. The van der Waals surface area contributed by atoms with Gasteiger partial charge in [0.2, 0.25) is 0 Å². The lowest BCUT2D eigenvalue weighted by Crippen LogP contribution is -2.27. The summed E-state index contributed by atoms with van der Waals surface area (Å²) in [7, 11) is 0. The predicted octanol–water partition coefficient (Wildman–Crippen LogP) is 9.64. The highest BCUT2D eigenvalue weighted by Crippen LogP contribution is 2.51. The van der Waals surface area contributed by atoms with Gasteiger partial charge in [0.05, 0.1) is 16.5 Å². The number of allylic oxidation sites excluding steroid dienone is 7. The van der Waals surface area contributed by atoms with Crippen LogP contribution in [0.3, 0.4) is 0 Å². The maximum absolute atomic E-state index is 7.40. The maximum atomic E-state index is 7.40. The van der Waals surface area contributed by atoms with Crippen LogP contribution in [-0.4, -0.2) is 13.1 Å². The fourth-order valence-corrected chi connectivity index (χ4v) is 7.57. The minimum Gasteiger partial charge on any atom is -0.325 e. The molecule has 1 aliphatic heterocycles. The summed E-state index contributed by atoms with van der Waals surface area (Å²) >= 11 is 14.5. The summed E-state index contributed by atoms with van der Waals surface area (Å²) in [6, 6.07) is 19.3. The zero-order valence-corrected chi connectivity index (χ0v) is 25.6. The zero-order valence-electron chi connectivity index (χ0n) is 24.0. The Morgan fingerprint density at radius 2 is 1.18 bits per heavy atom. The fraction of sp³-hybridized carbons (Fsp3) is 0.250. The van der Waals surface area contributed by atoms with Gasteiger partial charge >= 0.3 is 0 Å². The zero-order chi connectivity index (χ0) is 28.3. The van der Waals surface area contributed by atoms with Crippen molar-refractivity contribution < 1.29 is 0 Å². The maximum Gasteiger partial charge on any atom is 0.118 e. The lowest BCUT2D eigenvalue weighted by Gasteiger charge is -2.33. The minimum absolute atomic E-state index is 0.668. The largest absolute Gasteiger partial charge is 0.325 e. The predicted molar refractivity (Wildman–Crippen MR) is 171 cm³/mol. The van der Waals surface area contributed by atoms with E-state index in [1.807, 2.05) is 18.2 Å². The van der Waals surface area contributed by atoms with Crippen molar-refractivity contribution in [1.29, 1.82) is 0 Å². The molecular formula is C36H34Cl2N2. The molecule has 1 fully saturated rings. The topological polar surface area (TPSA) is 6.48 Å². The molecule has 2 nitrogen and oxygen atoms in total. The third-order valence-corrected chi connectivity index (χ3v) is 8.96. The normalized spacial score (nSPS) is 17.4. The number of fused-ring (bicyclic) bond motifs is 1. The Kier molecular flexibility index (Phi) is 6.97. The number of rotatable bonds is 3. The molecule has 3 aromatic rings. The number of benzene rings is 3. The molecule has 0 bridgehead atoms. The first-order valence-electron chi connectivity index (χ1n) is 13.9. The molecule has 40 heavy (non-hydrogen) atoms. The molecule has 3 aliphatic rings. The average Bonchev–Trinajstić information content (AvgIpc) is 3.45. The average molecular weight is 566 g/mol. The van der Waals surface area contributed by atoms with Crippen molar-refractivity contribution in [1.82, 2.24) is 0 Å². The molecule has 202 valence electrons. The van der Waals surface area contributed by atoms with Crippen LogP contribution in [-0.2, 0) is 0 Å². The van der Waals surface area contributed by atoms with Gasteiger partial charge < -0.3 is 9.80 Å². The van der Waals surface area contributed by atoms with Crippen LogP contribution >= 0.6 is 23.2 Å². The van der Waals surface area contributed by atoms with Gasteiger partial charge in [-0.3, -0.25) is 0 Å². The van der Waals surface area contributed by atoms with Gasteiger partial charge in [-0.2, -0.15) is 0 Å². The van der Waals surface area contributed by atoms with Crippen molar-refractivity contribution in [2.24, 2.45) is 0 Å². The van der Waals surface area contributed by atoms with Gasteiger partial charge in [0, 0.05) is 35.6 Å². The molecule has 0 saturated carbocycles. The molecule has 0 spiro atoms. The summed E-state index contributed by atoms with van der Waals surface area (Å²) in [5, 5.41) is 1.39. The summed E-state index contributed by atoms with van der Waals surface area (Å²) in [4.78, 5) is 4.97. The third kappa shape index (κ3) is 4.42. The van der Waals surface area contributed by atoms with Crippen LogP contribution in [0.25, 0.3) is 5.57 Å². The van der Waals surface area contributed by atoms with Gasteiger partial charge in [0.1, 0.15) is 5.82 Å². The van der Waals surface area contributed by atoms with Gasteiger partial charge in [-0.15, -0.1) is 0 Å². The first-order chi connectivity index (χ1) is 19.2. The van der Waals surface area contributed by atoms with Crippen LogP contribution in [0, 0.1) is 48.0 Å². The number of halogens is 2. The molecular weight excluding hydrogens is 531 g/mol.